The lowest BCUT2D eigenvalue weighted by molar-refractivity contribution is 0.0990. The van der Waals surface area contributed by atoms with Crippen LogP contribution in [0.5, 0.6) is 0 Å². The van der Waals surface area contributed by atoms with Crippen LogP contribution in [0.4, 0.5) is 34.1 Å². The van der Waals surface area contributed by atoms with Crippen LogP contribution in [0.2, 0.25) is 0 Å². The van der Waals surface area contributed by atoms with Crippen LogP contribution in [0.25, 0.3) is 22.3 Å². The highest BCUT2D eigenvalue weighted by Crippen LogP contribution is 2.79. The van der Waals surface area contributed by atoms with Crippen LogP contribution in [-0.4, -0.2) is 6.71 Å². The van der Waals surface area contributed by atoms with Gasteiger partial charge in [-0.25, -0.2) is 0 Å². The molecule has 2 heterocycles. The van der Waals surface area contributed by atoms with Crippen LogP contribution in [0, 0.1) is 33.5 Å². The van der Waals surface area contributed by atoms with Gasteiger partial charge in [-0.15, -0.1) is 0 Å². The molecule has 7 aromatic carbocycles. The molecule has 7 aromatic rings. The van der Waals surface area contributed by atoms with Crippen LogP contribution >= 0.6 is 0 Å². The number of benzene rings is 7. The molecule has 4 saturated carbocycles. The molecular formula is C62H57BN2. The van der Waals surface area contributed by atoms with Gasteiger partial charge in [0.2, 0.25) is 0 Å². The van der Waals surface area contributed by atoms with E-state index in [-0.39, 0.29) is 39.2 Å². The third-order valence-electron chi connectivity index (χ3n) is 21.4. The minimum absolute atomic E-state index is 0.0313. The second-order valence-electron chi connectivity index (χ2n) is 23.3. The highest BCUT2D eigenvalue weighted by Gasteiger charge is 2.73. The van der Waals surface area contributed by atoms with E-state index in [1.807, 2.05) is 0 Å². The van der Waals surface area contributed by atoms with Gasteiger partial charge in [-0.2, -0.15) is 0 Å². The number of hydrogen-bond donors (Lipinski definition) is 0. The summed E-state index contributed by atoms with van der Waals surface area (Å²) in [5.74, 6) is 1.44. The quantitative estimate of drug-likeness (QED) is 0.160. The first-order valence-electron chi connectivity index (χ1n) is 24.9. The van der Waals surface area contributed by atoms with Crippen LogP contribution in [0.3, 0.4) is 0 Å². The van der Waals surface area contributed by atoms with E-state index >= 15 is 0 Å². The molecule has 2 spiro atoms. The average Bonchev–Trinajstić information content (AvgIpc) is 4.02. The molecule has 8 aliphatic rings. The molecular weight excluding hydrogens is 784 g/mol. The molecule has 15 rings (SSSR count). The predicted octanol–water partition coefficient (Wildman–Crippen LogP) is 14.0. The van der Waals surface area contributed by atoms with Gasteiger partial charge in [-0.05, 0) is 181 Å². The average molecular weight is 841 g/mol. The van der Waals surface area contributed by atoms with E-state index in [4.69, 9.17) is 0 Å². The Hall–Kier alpha value is -5.80. The summed E-state index contributed by atoms with van der Waals surface area (Å²) in [7, 11) is 0. The fourth-order valence-corrected chi connectivity index (χ4v) is 17.6. The van der Waals surface area contributed by atoms with Crippen molar-refractivity contribution < 1.29 is 0 Å². The second-order valence-corrected chi connectivity index (χ2v) is 23.3. The highest BCUT2D eigenvalue weighted by molar-refractivity contribution is 7.00. The number of nitrogens with zero attached hydrogens (tertiary/aromatic N) is 2. The molecule has 0 aromatic heterocycles. The van der Waals surface area contributed by atoms with E-state index < -0.39 is 0 Å². The van der Waals surface area contributed by atoms with Crippen molar-refractivity contribution in [1.29, 1.82) is 0 Å². The van der Waals surface area contributed by atoms with E-state index in [2.05, 4.69) is 203 Å². The molecule has 0 saturated heterocycles. The number of rotatable bonds is 2. The molecule has 6 aliphatic carbocycles. The minimum atomic E-state index is -0.0317. The molecule has 2 nitrogen and oxygen atoms in total. The van der Waals surface area contributed by atoms with E-state index in [0.29, 0.717) is 5.92 Å². The summed E-state index contributed by atoms with van der Waals surface area (Å²) in [6.07, 6.45) is 7.73. The van der Waals surface area contributed by atoms with Gasteiger partial charge in [0.1, 0.15) is 0 Å². The maximum absolute atomic E-state index is 2.75. The summed E-state index contributed by atoms with van der Waals surface area (Å²) in [5, 5.41) is 0. The lowest BCUT2D eigenvalue weighted by Crippen LogP contribution is -2.61. The predicted molar refractivity (Wildman–Crippen MR) is 271 cm³/mol. The van der Waals surface area contributed by atoms with Gasteiger partial charge in [0.05, 0.1) is 0 Å². The Bertz CT molecular complexity index is 3270. The first-order valence-corrected chi connectivity index (χ1v) is 24.9. The minimum Gasteiger partial charge on any atom is -0.311 e. The molecule has 0 N–H and O–H groups in total. The normalized spacial score (nSPS) is 30.0. The summed E-state index contributed by atoms with van der Waals surface area (Å²) >= 11 is 0. The van der Waals surface area contributed by atoms with Crippen LogP contribution in [0.15, 0.2) is 152 Å². The van der Waals surface area contributed by atoms with Crippen molar-refractivity contribution in [3.05, 3.63) is 174 Å². The van der Waals surface area contributed by atoms with E-state index in [9.17, 15) is 0 Å². The second kappa shape index (κ2) is 11.8. The van der Waals surface area contributed by atoms with Gasteiger partial charge in [0, 0.05) is 45.0 Å². The number of fused-ring (bicyclic) bond motifs is 20. The molecule has 0 amide bonds. The molecule has 3 heteroatoms. The summed E-state index contributed by atoms with van der Waals surface area (Å²) < 4.78 is 0. The monoisotopic (exact) mass is 840 g/mol. The maximum Gasteiger partial charge on any atom is 0.252 e. The highest BCUT2D eigenvalue weighted by atomic mass is 15.2. The SMILES string of the molecule is CC1(C)[C@H]2CC[C@]1(C)[C@]1(C2)c2ccccc2-c2cc(N3c4cc5c(cc4B4c6ccccc6N(c6ccccc6)c6cccc3c64)-c3ccccc3[C@]53C[C@@H]4CC[C@@]3(C)C4(C)C)ccc21. The Morgan fingerprint density at radius 1 is 0.415 bits per heavy atom. The fraction of sp³-hybridized carbons (Fsp3) is 0.323. The van der Waals surface area contributed by atoms with Crippen molar-refractivity contribution in [1.82, 2.24) is 0 Å². The van der Waals surface area contributed by atoms with Crippen LogP contribution < -0.4 is 26.2 Å². The summed E-state index contributed by atoms with van der Waals surface area (Å²) in [5.41, 5.74) is 24.8. The van der Waals surface area contributed by atoms with Gasteiger partial charge < -0.3 is 9.80 Å². The topological polar surface area (TPSA) is 6.48 Å². The Morgan fingerprint density at radius 2 is 0.938 bits per heavy atom. The zero-order chi connectivity index (χ0) is 43.6. The third kappa shape index (κ3) is 3.93. The summed E-state index contributed by atoms with van der Waals surface area (Å²) in [6.45, 7) is 15.8. The fourth-order valence-electron chi connectivity index (χ4n) is 17.6. The lowest BCUT2D eigenvalue weighted by atomic mass is 9.33. The standard InChI is InChI=1S/C62H57BN2/c1-57(2)38-29-31-59(57,5)61(36-38)46-21-12-10-19-42(46)44-33-41(27-28-48(44)61)65-54-26-16-25-53-56(54)63(50-23-14-15-24-52(50)64(53)40-17-8-7-9-18-40)51-34-45-43-20-11-13-22-47(43)62(49(45)35-55(51)65)37-39-30-32-60(62,6)58(39,3)4/h7-28,33-35,38-39H,29-32,36-37H2,1-6H3/t38-,39-,59-,60-,61+,62+/m0/s1. The molecule has 0 radical (unpaired) electrons. The zero-order valence-corrected chi connectivity index (χ0v) is 38.8. The third-order valence-corrected chi connectivity index (χ3v) is 21.4. The van der Waals surface area contributed by atoms with E-state index in [1.165, 1.54) is 111 Å². The number of anilines is 6. The van der Waals surface area contributed by atoms with Gasteiger partial charge >= 0.3 is 0 Å². The molecule has 6 atom stereocenters. The molecule has 318 valence electrons. The summed E-state index contributed by atoms with van der Waals surface area (Å²) in [6, 6.07) is 59.8. The maximum atomic E-state index is 2.75. The lowest BCUT2D eigenvalue weighted by Gasteiger charge is -2.49. The van der Waals surface area contributed by atoms with Gasteiger partial charge in [-0.1, -0.05) is 145 Å². The van der Waals surface area contributed by atoms with Gasteiger partial charge in [0.15, 0.2) is 0 Å². The van der Waals surface area contributed by atoms with Crippen molar-refractivity contribution in [3.8, 4) is 22.3 Å². The first-order chi connectivity index (χ1) is 31.5. The smallest absolute Gasteiger partial charge is 0.252 e. The Kier molecular flexibility index (Phi) is 6.78. The van der Waals surface area contributed by atoms with Crippen LogP contribution in [0.1, 0.15) is 102 Å². The van der Waals surface area contributed by atoms with Gasteiger partial charge in [0.25, 0.3) is 6.71 Å². The van der Waals surface area contributed by atoms with Crippen molar-refractivity contribution in [2.45, 2.75) is 90.9 Å². The Balaban J connectivity index is 1.03. The number of para-hydroxylation sites is 2. The van der Waals surface area contributed by atoms with Crippen LogP contribution in [-0.2, 0) is 10.8 Å². The van der Waals surface area contributed by atoms with Crippen molar-refractivity contribution in [2.24, 2.45) is 33.5 Å². The Labute approximate surface area is 385 Å². The van der Waals surface area contributed by atoms with Crippen molar-refractivity contribution >= 4 is 57.2 Å². The first kappa shape index (κ1) is 37.4. The zero-order valence-electron chi connectivity index (χ0n) is 38.8. The van der Waals surface area contributed by atoms with Crippen molar-refractivity contribution in [3.63, 3.8) is 0 Å². The Morgan fingerprint density at radius 3 is 1.55 bits per heavy atom. The van der Waals surface area contributed by atoms with Gasteiger partial charge in [-0.3, -0.25) is 0 Å². The van der Waals surface area contributed by atoms with E-state index in [1.54, 1.807) is 22.3 Å². The largest absolute Gasteiger partial charge is 0.311 e. The molecule has 0 unspecified atom stereocenters. The number of hydrogen-bond acceptors (Lipinski definition) is 2. The molecule has 4 fully saturated rings. The van der Waals surface area contributed by atoms with E-state index in [0.717, 1.165) is 5.92 Å². The molecule has 4 bridgehead atoms. The summed E-state index contributed by atoms with van der Waals surface area (Å²) in [4.78, 5) is 5.25. The molecule has 2 aliphatic heterocycles. The van der Waals surface area contributed by atoms with Crippen molar-refractivity contribution in [2.75, 3.05) is 9.80 Å². The molecule has 65 heavy (non-hydrogen) atoms.